The molecule has 0 bridgehead atoms. The first-order valence-electron chi connectivity index (χ1n) is 7.27. The van der Waals surface area contributed by atoms with Crippen LogP contribution in [0.4, 0.5) is 5.95 Å². The molecule has 2 aliphatic heterocycles. The number of imidazole rings is 1. The molecule has 2 aromatic rings. The maximum Gasteiger partial charge on any atom is 0.280 e. The van der Waals surface area contributed by atoms with E-state index < -0.39 is 5.79 Å². The minimum absolute atomic E-state index is 0.0000530. The second-order valence-electron chi connectivity index (χ2n) is 5.72. The Kier molecular flexibility index (Phi) is 3.34. The largest absolute Gasteiger partial charge is 0.369 e. The number of nitrogens with zero attached hydrogens (tertiary/aromatic N) is 3. The molecule has 23 heavy (non-hydrogen) atoms. The van der Waals surface area contributed by atoms with E-state index in [0.29, 0.717) is 25.5 Å². The number of aromatic amines is 1. The summed E-state index contributed by atoms with van der Waals surface area (Å²) in [5.74, 6) is -0.654. The number of epoxide rings is 1. The standard InChI is InChI=1S/C13H17N5O5/c1-13(8-4-20-8)22-2-7(3-23-13)21-6-18-5-15-9-10(18)16-12(14)17-11(9)19/h5,7-8H,2-4,6H2,1H3,(H3,14,16,17,19). The van der Waals surface area contributed by atoms with E-state index in [1.807, 2.05) is 6.92 Å². The van der Waals surface area contributed by atoms with E-state index in [1.54, 1.807) is 4.57 Å². The Balaban J connectivity index is 1.41. The topological polar surface area (TPSA) is 130 Å². The molecule has 2 fully saturated rings. The molecule has 0 aromatic carbocycles. The lowest BCUT2D eigenvalue weighted by Gasteiger charge is -2.36. The van der Waals surface area contributed by atoms with Gasteiger partial charge in [0, 0.05) is 0 Å². The fourth-order valence-electron chi connectivity index (χ4n) is 2.49. The Morgan fingerprint density at radius 3 is 2.91 bits per heavy atom. The molecule has 124 valence electrons. The minimum Gasteiger partial charge on any atom is -0.369 e. The van der Waals surface area contributed by atoms with Crippen LogP contribution in [0.15, 0.2) is 11.1 Å². The molecule has 3 N–H and O–H groups in total. The highest BCUT2D eigenvalue weighted by atomic mass is 16.8. The van der Waals surface area contributed by atoms with Gasteiger partial charge in [0.2, 0.25) is 5.95 Å². The van der Waals surface area contributed by atoms with Gasteiger partial charge in [0.1, 0.15) is 18.9 Å². The second-order valence-corrected chi connectivity index (χ2v) is 5.72. The normalized spacial score (nSPS) is 30.7. The summed E-state index contributed by atoms with van der Waals surface area (Å²) in [5.41, 5.74) is 5.77. The third-order valence-corrected chi connectivity index (χ3v) is 3.97. The highest BCUT2D eigenvalue weighted by Gasteiger charge is 2.48. The van der Waals surface area contributed by atoms with Crippen molar-refractivity contribution in [2.45, 2.75) is 31.6 Å². The van der Waals surface area contributed by atoms with E-state index in [1.165, 1.54) is 6.33 Å². The first-order valence-corrected chi connectivity index (χ1v) is 7.27. The van der Waals surface area contributed by atoms with Gasteiger partial charge in [-0.3, -0.25) is 14.3 Å². The van der Waals surface area contributed by atoms with Crippen LogP contribution < -0.4 is 11.3 Å². The van der Waals surface area contributed by atoms with E-state index >= 15 is 0 Å². The van der Waals surface area contributed by atoms with Gasteiger partial charge in [-0.05, 0) is 6.92 Å². The van der Waals surface area contributed by atoms with Crippen LogP contribution in [0.5, 0.6) is 0 Å². The van der Waals surface area contributed by atoms with Gasteiger partial charge in [0.15, 0.2) is 17.0 Å². The predicted molar refractivity (Wildman–Crippen MR) is 77.5 cm³/mol. The molecule has 1 atom stereocenters. The van der Waals surface area contributed by atoms with Crippen LogP contribution in [0.3, 0.4) is 0 Å². The minimum atomic E-state index is -0.690. The smallest absolute Gasteiger partial charge is 0.280 e. The third-order valence-electron chi connectivity index (χ3n) is 3.97. The Morgan fingerprint density at radius 1 is 1.48 bits per heavy atom. The van der Waals surface area contributed by atoms with E-state index in [-0.39, 0.29) is 36.0 Å². The lowest BCUT2D eigenvalue weighted by molar-refractivity contribution is -0.298. The molecule has 0 amide bonds. The Labute approximate surface area is 130 Å². The molecule has 0 radical (unpaired) electrons. The summed E-state index contributed by atoms with van der Waals surface area (Å²) in [5, 5.41) is 0. The highest BCUT2D eigenvalue weighted by molar-refractivity contribution is 5.70. The summed E-state index contributed by atoms with van der Waals surface area (Å²) < 4.78 is 24.0. The van der Waals surface area contributed by atoms with Crippen molar-refractivity contribution in [1.29, 1.82) is 0 Å². The number of nitrogens with two attached hydrogens (primary N) is 1. The van der Waals surface area contributed by atoms with Crippen molar-refractivity contribution in [1.82, 2.24) is 19.5 Å². The molecule has 0 spiro atoms. The van der Waals surface area contributed by atoms with Crippen LogP contribution in [0, 0.1) is 0 Å². The second kappa shape index (κ2) is 5.27. The summed E-state index contributed by atoms with van der Waals surface area (Å²) >= 11 is 0. The van der Waals surface area contributed by atoms with Gasteiger partial charge in [-0.15, -0.1) is 0 Å². The first kappa shape index (κ1) is 14.6. The molecule has 4 rings (SSSR count). The summed E-state index contributed by atoms with van der Waals surface area (Å²) in [4.78, 5) is 22.2. The number of aromatic nitrogens is 4. The first-order chi connectivity index (χ1) is 11.0. The maximum absolute atomic E-state index is 11.7. The third kappa shape index (κ3) is 2.70. The average Bonchev–Trinajstić information content (AvgIpc) is 3.30. The number of H-pyrrole nitrogens is 1. The van der Waals surface area contributed by atoms with Crippen molar-refractivity contribution in [3.05, 3.63) is 16.7 Å². The van der Waals surface area contributed by atoms with Crippen LogP contribution in [-0.2, 0) is 25.7 Å². The Hall–Kier alpha value is -2.01. The van der Waals surface area contributed by atoms with Crippen molar-refractivity contribution >= 4 is 17.1 Å². The molecule has 2 saturated heterocycles. The van der Waals surface area contributed by atoms with Gasteiger partial charge in [-0.25, -0.2) is 4.98 Å². The number of nitrogen functional groups attached to an aromatic ring is 1. The van der Waals surface area contributed by atoms with Crippen LogP contribution in [0.1, 0.15) is 6.92 Å². The van der Waals surface area contributed by atoms with E-state index in [0.717, 1.165) is 0 Å². The Morgan fingerprint density at radius 2 is 2.22 bits per heavy atom. The number of rotatable bonds is 4. The summed E-state index contributed by atoms with van der Waals surface area (Å²) in [6, 6.07) is 0. The van der Waals surface area contributed by atoms with Gasteiger partial charge >= 0.3 is 0 Å². The molecule has 10 heteroatoms. The molecular weight excluding hydrogens is 306 g/mol. The molecule has 10 nitrogen and oxygen atoms in total. The van der Waals surface area contributed by atoms with Crippen molar-refractivity contribution in [2.24, 2.45) is 0 Å². The van der Waals surface area contributed by atoms with Gasteiger partial charge in [-0.2, -0.15) is 4.98 Å². The lowest BCUT2D eigenvalue weighted by Crippen LogP contribution is -2.48. The highest BCUT2D eigenvalue weighted by Crippen LogP contribution is 2.32. The van der Waals surface area contributed by atoms with Gasteiger partial charge in [0.05, 0.1) is 26.1 Å². The summed E-state index contributed by atoms with van der Waals surface area (Å²) in [6.07, 6.45) is 1.26. The van der Waals surface area contributed by atoms with Crippen LogP contribution in [-0.4, -0.2) is 57.3 Å². The SMILES string of the molecule is CC1(C2CO2)OCC(OCn2cnc3c(=O)[nH]c(N)nc32)CO1. The molecular formula is C13H17N5O5. The average molecular weight is 323 g/mol. The zero-order valence-electron chi connectivity index (χ0n) is 12.5. The van der Waals surface area contributed by atoms with Crippen LogP contribution in [0.2, 0.25) is 0 Å². The summed E-state index contributed by atoms with van der Waals surface area (Å²) in [6.45, 7) is 3.49. The van der Waals surface area contributed by atoms with Crippen molar-refractivity contribution in [3.63, 3.8) is 0 Å². The van der Waals surface area contributed by atoms with Gasteiger partial charge < -0.3 is 24.7 Å². The molecule has 0 aliphatic carbocycles. The van der Waals surface area contributed by atoms with E-state index in [9.17, 15) is 4.79 Å². The number of hydrogen-bond acceptors (Lipinski definition) is 8. The monoisotopic (exact) mass is 323 g/mol. The molecule has 2 aromatic heterocycles. The molecule has 0 saturated carbocycles. The van der Waals surface area contributed by atoms with E-state index in [2.05, 4.69) is 15.0 Å². The maximum atomic E-state index is 11.7. The molecule has 2 aliphatic rings. The predicted octanol–water partition coefficient (Wildman–Crippen LogP) is -0.794. The number of fused-ring (bicyclic) bond motifs is 1. The zero-order chi connectivity index (χ0) is 16.0. The lowest BCUT2D eigenvalue weighted by atomic mass is 10.2. The van der Waals surface area contributed by atoms with Gasteiger partial charge in [-0.1, -0.05) is 0 Å². The van der Waals surface area contributed by atoms with Crippen LogP contribution >= 0.6 is 0 Å². The van der Waals surface area contributed by atoms with Crippen molar-refractivity contribution < 1.29 is 18.9 Å². The molecule has 4 heterocycles. The number of ether oxygens (including phenoxy) is 4. The van der Waals surface area contributed by atoms with Crippen molar-refractivity contribution in [3.8, 4) is 0 Å². The zero-order valence-corrected chi connectivity index (χ0v) is 12.5. The molecule has 1 unspecified atom stereocenters. The van der Waals surface area contributed by atoms with Crippen LogP contribution in [0.25, 0.3) is 11.2 Å². The quantitative estimate of drug-likeness (QED) is 0.700. The van der Waals surface area contributed by atoms with E-state index in [4.69, 9.17) is 24.7 Å². The number of nitrogens with one attached hydrogen (secondary N) is 1. The van der Waals surface area contributed by atoms with Crippen molar-refractivity contribution in [2.75, 3.05) is 25.6 Å². The summed E-state index contributed by atoms with van der Waals surface area (Å²) in [7, 11) is 0. The number of anilines is 1. The van der Waals surface area contributed by atoms with Gasteiger partial charge in [0.25, 0.3) is 5.56 Å². The number of hydrogen-bond donors (Lipinski definition) is 2. The fraction of sp³-hybridized carbons (Fsp3) is 0.615. The Bertz CT molecular complexity index is 775. The fourth-order valence-corrected chi connectivity index (χ4v) is 2.49.